The third-order valence-electron chi connectivity index (χ3n) is 4.24. The Kier molecular flexibility index (Phi) is 4.58. The Morgan fingerprint density at radius 1 is 1.32 bits per heavy atom. The molecular formula is C18H15N5O2. The minimum Gasteiger partial charge on any atom is -0.343 e. The predicted molar refractivity (Wildman–Crippen MR) is 89.1 cm³/mol. The number of carbonyl (C=O) groups is 2. The molecule has 1 saturated heterocycles. The lowest BCUT2D eigenvalue weighted by Gasteiger charge is -2.19. The van der Waals surface area contributed by atoms with E-state index in [1.807, 2.05) is 6.07 Å². The molecule has 0 radical (unpaired) electrons. The van der Waals surface area contributed by atoms with Gasteiger partial charge in [-0.2, -0.15) is 10.5 Å². The highest BCUT2D eigenvalue weighted by atomic mass is 16.2. The zero-order valence-electron chi connectivity index (χ0n) is 13.4. The maximum atomic E-state index is 12.5. The lowest BCUT2D eigenvalue weighted by Crippen LogP contribution is -2.42. The van der Waals surface area contributed by atoms with Crippen LogP contribution in [0.15, 0.2) is 30.5 Å². The minimum atomic E-state index is -0.413. The molecule has 1 N–H and O–H groups in total. The summed E-state index contributed by atoms with van der Waals surface area (Å²) in [6.45, 7) is 0.370. The van der Waals surface area contributed by atoms with E-state index in [0.717, 1.165) is 6.42 Å². The van der Waals surface area contributed by atoms with Crippen LogP contribution in [-0.4, -0.2) is 40.8 Å². The summed E-state index contributed by atoms with van der Waals surface area (Å²) >= 11 is 0. The monoisotopic (exact) mass is 333 g/mol. The molecular weight excluding hydrogens is 318 g/mol. The van der Waals surface area contributed by atoms with Gasteiger partial charge in [0.05, 0.1) is 35.3 Å². The van der Waals surface area contributed by atoms with Gasteiger partial charge in [0.15, 0.2) is 0 Å². The van der Waals surface area contributed by atoms with Crippen LogP contribution in [0.1, 0.15) is 28.8 Å². The highest BCUT2D eigenvalue weighted by molar-refractivity contribution is 6.07. The topological polar surface area (TPSA) is 110 Å². The molecule has 3 rings (SSSR count). The molecule has 1 atom stereocenters. The van der Waals surface area contributed by atoms with Gasteiger partial charge in [0.1, 0.15) is 6.04 Å². The van der Waals surface area contributed by atoms with Crippen molar-refractivity contribution in [3.63, 3.8) is 0 Å². The number of hydrogen-bond donors (Lipinski definition) is 1. The van der Waals surface area contributed by atoms with Crippen molar-refractivity contribution in [2.24, 2.45) is 0 Å². The van der Waals surface area contributed by atoms with E-state index in [-0.39, 0.29) is 12.5 Å². The van der Waals surface area contributed by atoms with Gasteiger partial charge < -0.3 is 10.2 Å². The second kappa shape index (κ2) is 6.98. The van der Waals surface area contributed by atoms with E-state index in [4.69, 9.17) is 10.5 Å². The van der Waals surface area contributed by atoms with Crippen molar-refractivity contribution in [2.45, 2.75) is 18.9 Å². The van der Waals surface area contributed by atoms with Crippen LogP contribution in [0.5, 0.6) is 0 Å². The van der Waals surface area contributed by atoms with Crippen molar-refractivity contribution in [3.05, 3.63) is 41.6 Å². The average Bonchev–Trinajstić information content (AvgIpc) is 3.13. The van der Waals surface area contributed by atoms with Gasteiger partial charge in [-0.3, -0.25) is 14.6 Å². The number of hydrogen-bond acceptors (Lipinski definition) is 5. The largest absolute Gasteiger partial charge is 0.343 e. The molecule has 0 unspecified atom stereocenters. The van der Waals surface area contributed by atoms with Crippen molar-refractivity contribution in [2.75, 3.05) is 13.1 Å². The summed E-state index contributed by atoms with van der Waals surface area (Å²) in [5.41, 5.74) is 1.38. The molecule has 7 heteroatoms. The Bertz CT molecular complexity index is 925. The molecule has 2 heterocycles. The first-order chi connectivity index (χ1) is 12.1. The van der Waals surface area contributed by atoms with Gasteiger partial charge in [-0.1, -0.05) is 0 Å². The Labute approximate surface area is 144 Å². The molecule has 124 valence electrons. The molecule has 1 aliphatic heterocycles. The first-order valence-electron chi connectivity index (χ1n) is 7.90. The fraction of sp³-hybridized carbons (Fsp3) is 0.278. The Morgan fingerprint density at radius 3 is 2.92 bits per heavy atom. The molecule has 7 nitrogen and oxygen atoms in total. The summed E-state index contributed by atoms with van der Waals surface area (Å²) in [5.74, 6) is -0.683. The second-order valence-corrected chi connectivity index (χ2v) is 5.76. The standard InChI is InChI=1S/C18H15N5O2/c19-9-12-3-4-16-15(8-12)14(5-6-21-16)18(25)22-11-17(24)23-7-1-2-13(23)10-20/h3-6,8,13H,1-2,7,11H2,(H,22,25)/t13-/m0/s1. The van der Waals surface area contributed by atoms with Gasteiger partial charge in [0.2, 0.25) is 5.91 Å². The molecule has 2 aromatic rings. The molecule has 1 aromatic heterocycles. The highest BCUT2D eigenvalue weighted by Crippen LogP contribution is 2.19. The van der Waals surface area contributed by atoms with Crippen molar-refractivity contribution >= 4 is 22.7 Å². The maximum absolute atomic E-state index is 12.5. The SMILES string of the molecule is N#Cc1ccc2nccc(C(=O)NCC(=O)N3CCC[C@H]3C#N)c2c1. The molecule has 0 aliphatic carbocycles. The minimum absolute atomic E-state index is 0.168. The lowest BCUT2D eigenvalue weighted by molar-refractivity contribution is -0.130. The molecule has 0 saturated carbocycles. The Morgan fingerprint density at radius 2 is 2.16 bits per heavy atom. The van der Waals surface area contributed by atoms with Crippen LogP contribution in [0.25, 0.3) is 10.9 Å². The van der Waals surface area contributed by atoms with E-state index < -0.39 is 11.9 Å². The average molecular weight is 333 g/mol. The number of pyridine rings is 1. The first-order valence-corrected chi connectivity index (χ1v) is 7.90. The fourth-order valence-electron chi connectivity index (χ4n) is 2.97. The summed E-state index contributed by atoms with van der Waals surface area (Å²) in [6.07, 6.45) is 2.98. The van der Waals surface area contributed by atoms with Crippen LogP contribution in [0.3, 0.4) is 0 Å². The maximum Gasteiger partial charge on any atom is 0.252 e. The zero-order valence-corrected chi connectivity index (χ0v) is 13.4. The molecule has 1 fully saturated rings. The zero-order chi connectivity index (χ0) is 17.8. The van der Waals surface area contributed by atoms with E-state index in [9.17, 15) is 9.59 Å². The van der Waals surface area contributed by atoms with Crippen LogP contribution in [0, 0.1) is 22.7 Å². The van der Waals surface area contributed by atoms with Gasteiger partial charge in [-0.15, -0.1) is 0 Å². The van der Waals surface area contributed by atoms with Crippen LogP contribution in [-0.2, 0) is 4.79 Å². The van der Waals surface area contributed by atoms with Gasteiger partial charge in [-0.25, -0.2) is 0 Å². The van der Waals surface area contributed by atoms with Crippen molar-refractivity contribution in [1.29, 1.82) is 10.5 Å². The highest BCUT2D eigenvalue weighted by Gasteiger charge is 2.28. The van der Waals surface area contributed by atoms with Crippen LogP contribution in [0.4, 0.5) is 0 Å². The molecule has 0 bridgehead atoms. The lowest BCUT2D eigenvalue weighted by atomic mass is 10.1. The number of amides is 2. The number of nitrogens with zero attached hydrogens (tertiary/aromatic N) is 4. The quantitative estimate of drug-likeness (QED) is 0.911. The Hall–Kier alpha value is -3.45. The fourth-order valence-corrected chi connectivity index (χ4v) is 2.97. The predicted octanol–water partition coefficient (Wildman–Crippen LogP) is 1.35. The molecule has 1 aromatic carbocycles. The van der Waals surface area contributed by atoms with Gasteiger partial charge in [0, 0.05) is 18.1 Å². The number of benzene rings is 1. The van der Waals surface area contributed by atoms with E-state index in [0.29, 0.717) is 35.0 Å². The molecule has 0 spiro atoms. The van der Waals surface area contributed by atoms with Crippen molar-refractivity contribution in [1.82, 2.24) is 15.2 Å². The number of rotatable bonds is 3. The van der Waals surface area contributed by atoms with Gasteiger partial charge >= 0.3 is 0 Å². The number of fused-ring (bicyclic) bond motifs is 1. The van der Waals surface area contributed by atoms with Crippen LogP contribution < -0.4 is 5.32 Å². The van der Waals surface area contributed by atoms with Gasteiger partial charge in [0.25, 0.3) is 5.91 Å². The van der Waals surface area contributed by atoms with Crippen molar-refractivity contribution in [3.8, 4) is 12.1 Å². The molecule has 1 aliphatic rings. The number of nitriles is 2. The molecule has 25 heavy (non-hydrogen) atoms. The number of likely N-dealkylation sites (tertiary alicyclic amines) is 1. The summed E-state index contributed by atoms with van der Waals surface area (Å²) < 4.78 is 0. The van der Waals surface area contributed by atoms with Crippen molar-refractivity contribution < 1.29 is 9.59 Å². The summed E-state index contributed by atoms with van der Waals surface area (Å²) in [5, 5.41) is 21.2. The third kappa shape index (κ3) is 3.26. The summed E-state index contributed by atoms with van der Waals surface area (Å²) in [7, 11) is 0. The van der Waals surface area contributed by atoms with Gasteiger partial charge in [-0.05, 0) is 37.1 Å². The normalized spacial score (nSPS) is 16.2. The third-order valence-corrected chi connectivity index (χ3v) is 4.24. The second-order valence-electron chi connectivity index (χ2n) is 5.76. The molecule has 2 amide bonds. The van der Waals surface area contributed by atoms with E-state index in [2.05, 4.69) is 16.4 Å². The summed E-state index contributed by atoms with van der Waals surface area (Å²) in [4.78, 5) is 30.4. The van der Waals surface area contributed by atoms with Crippen LogP contribution >= 0.6 is 0 Å². The Balaban J connectivity index is 1.76. The van der Waals surface area contributed by atoms with Crippen LogP contribution in [0.2, 0.25) is 0 Å². The number of aromatic nitrogens is 1. The van der Waals surface area contributed by atoms with E-state index in [1.165, 1.54) is 11.1 Å². The number of nitrogens with one attached hydrogen (secondary N) is 1. The number of carbonyl (C=O) groups excluding carboxylic acids is 2. The van der Waals surface area contributed by atoms with E-state index >= 15 is 0 Å². The summed E-state index contributed by atoms with van der Waals surface area (Å²) in [6, 6.07) is 10.2. The smallest absolute Gasteiger partial charge is 0.252 e. The first kappa shape index (κ1) is 16.4. The van der Waals surface area contributed by atoms with E-state index in [1.54, 1.807) is 24.3 Å².